The number of ether oxygens (including phenoxy) is 2. The molecule has 0 fully saturated rings. The molecule has 2 amide bonds. The summed E-state index contributed by atoms with van der Waals surface area (Å²) in [6.07, 6.45) is -1.66. The molecule has 8 nitrogen and oxygen atoms in total. The van der Waals surface area contributed by atoms with E-state index >= 15 is 0 Å². The maximum absolute atomic E-state index is 11.7. The maximum atomic E-state index is 11.7. The van der Waals surface area contributed by atoms with Crippen LogP contribution in [0.1, 0.15) is 48.5 Å². The largest absolute Gasteiger partial charge is 0.479 e. The molecule has 0 saturated carbocycles. The van der Waals surface area contributed by atoms with Gasteiger partial charge in [0.2, 0.25) is 0 Å². The third-order valence-corrected chi connectivity index (χ3v) is 2.23. The van der Waals surface area contributed by atoms with Gasteiger partial charge in [0, 0.05) is 0 Å². The van der Waals surface area contributed by atoms with Gasteiger partial charge in [-0.2, -0.15) is 0 Å². The van der Waals surface area contributed by atoms with Gasteiger partial charge in [0.05, 0.1) is 6.54 Å². The number of carbonyl (C=O) groups is 3. The van der Waals surface area contributed by atoms with Gasteiger partial charge in [-0.1, -0.05) is 0 Å². The number of hydrogen-bond acceptors (Lipinski definition) is 5. The first-order valence-electron chi connectivity index (χ1n) is 6.86. The molecule has 128 valence electrons. The van der Waals surface area contributed by atoms with Crippen molar-refractivity contribution < 1.29 is 29.0 Å². The fourth-order valence-electron chi connectivity index (χ4n) is 1.27. The smallest absolute Gasteiger partial charge is 0.408 e. The average Bonchev–Trinajstić information content (AvgIpc) is 2.20. The van der Waals surface area contributed by atoms with E-state index in [0.717, 1.165) is 0 Å². The molecule has 1 atom stereocenters. The molecule has 0 aromatic heterocycles. The van der Waals surface area contributed by atoms with Crippen LogP contribution in [0.15, 0.2) is 0 Å². The van der Waals surface area contributed by atoms with Crippen LogP contribution >= 0.6 is 0 Å². The Bertz CT molecular complexity index is 436. The normalized spacial score (nSPS) is 14.5. The zero-order chi connectivity index (χ0) is 17.8. The summed E-state index contributed by atoms with van der Waals surface area (Å²) >= 11 is 0. The summed E-state index contributed by atoms with van der Waals surface area (Å²) in [4.78, 5) is 34.6. The molecule has 0 aliphatic carbocycles. The Balaban J connectivity index is 4.74. The van der Waals surface area contributed by atoms with Crippen LogP contribution < -0.4 is 10.6 Å². The number of aliphatic carboxylic acids is 1. The van der Waals surface area contributed by atoms with Crippen LogP contribution in [0.4, 0.5) is 9.59 Å². The Morgan fingerprint density at radius 3 is 1.64 bits per heavy atom. The first kappa shape index (κ1) is 20.0. The molecule has 0 aromatic rings. The lowest BCUT2D eigenvalue weighted by Crippen LogP contribution is -2.59. The molecule has 0 heterocycles. The van der Waals surface area contributed by atoms with Crippen LogP contribution in [0.5, 0.6) is 0 Å². The second-order valence-corrected chi connectivity index (χ2v) is 7.12. The first-order chi connectivity index (χ1) is 9.65. The topological polar surface area (TPSA) is 114 Å². The molecule has 0 radical (unpaired) electrons. The van der Waals surface area contributed by atoms with E-state index < -0.39 is 34.9 Å². The van der Waals surface area contributed by atoms with Crippen molar-refractivity contribution in [1.29, 1.82) is 0 Å². The monoisotopic (exact) mass is 318 g/mol. The molecular weight excluding hydrogens is 292 g/mol. The summed E-state index contributed by atoms with van der Waals surface area (Å²) in [5.41, 5.74) is -3.19. The van der Waals surface area contributed by atoms with Crippen molar-refractivity contribution >= 4 is 18.2 Å². The zero-order valence-electron chi connectivity index (χ0n) is 14.2. The quantitative estimate of drug-likeness (QED) is 0.729. The minimum absolute atomic E-state index is 0.351. The molecule has 0 spiro atoms. The highest BCUT2D eigenvalue weighted by molar-refractivity contribution is 5.85. The SMILES string of the molecule is CC(C)(C)OC(=O)NCC(C)(NC(=O)OC(C)(C)C)C(=O)O. The summed E-state index contributed by atoms with van der Waals surface area (Å²) in [5.74, 6) is -1.31. The van der Waals surface area contributed by atoms with E-state index in [4.69, 9.17) is 9.47 Å². The van der Waals surface area contributed by atoms with Crippen molar-refractivity contribution in [3.63, 3.8) is 0 Å². The third kappa shape index (κ3) is 8.33. The van der Waals surface area contributed by atoms with Gasteiger partial charge in [-0.3, -0.25) is 0 Å². The number of carboxylic acids is 1. The second kappa shape index (κ2) is 6.85. The third-order valence-electron chi connectivity index (χ3n) is 2.23. The minimum atomic E-state index is -1.72. The van der Waals surface area contributed by atoms with Crippen molar-refractivity contribution in [2.24, 2.45) is 0 Å². The standard InChI is InChI=1S/C14H26N2O6/c1-12(2,3)21-10(19)15-8-14(7,9(17)18)16-11(20)22-13(4,5)6/h8H2,1-7H3,(H,15,19)(H,16,20)(H,17,18). The number of carbonyl (C=O) groups excluding carboxylic acids is 2. The van der Waals surface area contributed by atoms with Gasteiger partial charge in [-0.25, -0.2) is 14.4 Å². The molecule has 0 aliphatic rings. The highest BCUT2D eigenvalue weighted by atomic mass is 16.6. The van der Waals surface area contributed by atoms with E-state index in [1.54, 1.807) is 41.5 Å². The van der Waals surface area contributed by atoms with Gasteiger partial charge in [0.25, 0.3) is 0 Å². The maximum Gasteiger partial charge on any atom is 0.408 e. The molecule has 0 saturated heterocycles. The Labute approximate surface area is 130 Å². The van der Waals surface area contributed by atoms with E-state index in [2.05, 4.69) is 10.6 Å². The van der Waals surface area contributed by atoms with Crippen LogP contribution in [-0.2, 0) is 14.3 Å². The first-order valence-corrected chi connectivity index (χ1v) is 6.86. The van der Waals surface area contributed by atoms with E-state index in [0.29, 0.717) is 0 Å². The molecule has 0 bridgehead atoms. The van der Waals surface area contributed by atoms with Crippen molar-refractivity contribution in [2.45, 2.75) is 65.2 Å². The summed E-state index contributed by atoms with van der Waals surface area (Å²) in [6, 6.07) is 0. The lowest BCUT2D eigenvalue weighted by Gasteiger charge is -2.29. The fourth-order valence-corrected chi connectivity index (χ4v) is 1.27. The fraction of sp³-hybridized carbons (Fsp3) is 0.786. The number of amides is 2. The Morgan fingerprint density at radius 1 is 0.864 bits per heavy atom. The van der Waals surface area contributed by atoms with Gasteiger partial charge in [0.1, 0.15) is 11.2 Å². The molecule has 22 heavy (non-hydrogen) atoms. The van der Waals surface area contributed by atoms with Crippen molar-refractivity contribution in [3.05, 3.63) is 0 Å². The van der Waals surface area contributed by atoms with Gasteiger partial charge < -0.3 is 25.2 Å². The van der Waals surface area contributed by atoms with E-state index in [1.807, 2.05) is 0 Å². The van der Waals surface area contributed by atoms with Crippen LogP contribution in [0.25, 0.3) is 0 Å². The van der Waals surface area contributed by atoms with Crippen LogP contribution in [0.3, 0.4) is 0 Å². The molecule has 3 N–H and O–H groups in total. The summed E-state index contributed by atoms with van der Waals surface area (Å²) in [7, 11) is 0. The lowest BCUT2D eigenvalue weighted by atomic mass is 10.0. The molecule has 0 aromatic carbocycles. The van der Waals surface area contributed by atoms with Crippen molar-refractivity contribution in [3.8, 4) is 0 Å². The van der Waals surface area contributed by atoms with Gasteiger partial charge in [0.15, 0.2) is 5.54 Å². The minimum Gasteiger partial charge on any atom is -0.479 e. The van der Waals surface area contributed by atoms with Gasteiger partial charge >= 0.3 is 18.2 Å². The van der Waals surface area contributed by atoms with Crippen molar-refractivity contribution in [2.75, 3.05) is 6.54 Å². The Hall–Kier alpha value is -1.99. The predicted molar refractivity (Wildman–Crippen MR) is 79.6 cm³/mol. The predicted octanol–water partition coefficient (Wildman–Crippen LogP) is 1.88. The number of rotatable bonds is 4. The summed E-state index contributed by atoms with van der Waals surface area (Å²) in [6.45, 7) is 10.9. The van der Waals surface area contributed by atoms with E-state index in [9.17, 15) is 19.5 Å². The van der Waals surface area contributed by atoms with Crippen LogP contribution in [0.2, 0.25) is 0 Å². The molecule has 1 unspecified atom stereocenters. The van der Waals surface area contributed by atoms with Gasteiger partial charge in [-0.05, 0) is 48.5 Å². The zero-order valence-corrected chi connectivity index (χ0v) is 14.2. The van der Waals surface area contributed by atoms with Crippen molar-refractivity contribution in [1.82, 2.24) is 10.6 Å². The molecule has 0 aliphatic heterocycles. The number of hydrogen-bond donors (Lipinski definition) is 3. The highest BCUT2D eigenvalue weighted by Gasteiger charge is 2.37. The number of carboxylic acid groups (broad SMARTS) is 1. The highest BCUT2D eigenvalue weighted by Crippen LogP contribution is 2.11. The molecule has 0 rings (SSSR count). The molecule has 8 heteroatoms. The van der Waals surface area contributed by atoms with Crippen LogP contribution in [0, 0.1) is 0 Å². The number of nitrogens with one attached hydrogen (secondary N) is 2. The number of alkyl carbamates (subject to hydrolysis) is 2. The molecular formula is C14H26N2O6. The van der Waals surface area contributed by atoms with Gasteiger partial charge in [-0.15, -0.1) is 0 Å². The average molecular weight is 318 g/mol. The Kier molecular flexibility index (Phi) is 6.23. The van der Waals surface area contributed by atoms with Crippen LogP contribution in [-0.4, -0.2) is 46.5 Å². The summed E-state index contributed by atoms with van der Waals surface area (Å²) in [5, 5.41) is 13.8. The van der Waals surface area contributed by atoms with E-state index in [-0.39, 0.29) is 6.54 Å². The second-order valence-electron chi connectivity index (χ2n) is 7.12. The Morgan fingerprint density at radius 2 is 1.27 bits per heavy atom. The lowest BCUT2D eigenvalue weighted by molar-refractivity contribution is -0.143. The summed E-state index contributed by atoms with van der Waals surface area (Å²) < 4.78 is 10.0. The van der Waals surface area contributed by atoms with E-state index in [1.165, 1.54) is 6.92 Å².